The minimum atomic E-state index is -0.378. The van der Waals surface area contributed by atoms with Crippen LogP contribution in [0.25, 0.3) is 34.2 Å². The molecule has 1 heterocycles. The van der Waals surface area contributed by atoms with Gasteiger partial charge >= 0.3 is 17.9 Å². The number of hydrogen-bond acceptors (Lipinski definition) is 14. The molecule has 0 amide bonds. The van der Waals surface area contributed by atoms with E-state index in [1.54, 1.807) is 45.9 Å². The van der Waals surface area contributed by atoms with Crippen LogP contribution in [0.2, 0.25) is 0 Å². The highest BCUT2D eigenvalue weighted by Crippen LogP contribution is 2.40. The molecule has 378 valence electrons. The largest absolute Gasteiger partial charge is 0.507 e. The van der Waals surface area contributed by atoms with Crippen molar-refractivity contribution in [2.24, 2.45) is 0 Å². The number of ether oxygens (including phenoxy) is 6. The SMILES string of the molecule is C=C(C)C(=O)OCCCCCCOCc1ccc(-c2nc(-c3ccc(OCCCCCCOC(=O)C(=C)C)c(C)c3C)nc(-c3ccc(OCCCCCCOC(=O)C(=C)C)c(C)c3O)n2)c(O)c1C. The molecule has 0 saturated heterocycles. The van der Waals surface area contributed by atoms with E-state index in [0.29, 0.717) is 96.8 Å². The van der Waals surface area contributed by atoms with Crippen LogP contribution in [-0.2, 0) is 39.9 Å². The Morgan fingerprint density at radius 3 is 1.24 bits per heavy atom. The molecule has 0 saturated carbocycles. The van der Waals surface area contributed by atoms with Crippen LogP contribution in [0, 0.1) is 27.7 Å². The molecule has 0 bridgehead atoms. The van der Waals surface area contributed by atoms with E-state index in [4.69, 9.17) is 43.4 Å². The van der Waals surface area contributed by atoms with Crippen LogP contribution >= 0.6 is 0 Å². The predicted octanol–water partition coefficient (Wildman–Crippen LogP) is 11.8. The first-order valence-electron chi connectivity index (χ1n) is 24.3. The van der Waals surface area contributed by atoms with Crippen molar-refractivity contribution in [2.45, 2.75) is 132 Å². The Labute approximate surface area is 414 Å². The van der Waals surface area contributed by atoms with Crippen molar-refractivity contribution < 1.29 is 53.0 Å². The van der Waals surface area contributed by atoms with Crippen molar-refractivity contribution in [3.63, 3.8) is 0 Å². The van der Waals surface area contributed by atoms with Gasteiger partial charge in [0.2, 0.25) is 0 Å². The number of carbonyl (C=O) groups excluding carboxylic acids is 3. The molecular formula is C56H73N3O11. The van der Waals surface area contributed by atoms with Crippen molar-refractivity contribution >= 4 is 17.9 Å². The minimum Gasteiger partial charge on any atom is -0.507 e. The quantitative estimate of drug-likeness (QED) is 0.0210. The van der Waals surface area contributed by atoms with Crippen molar-refractivity contribution in [3.05, 3.63) is 101 Å². The molecule has 14 heteroatoms. The number of phenols is 2. The number of rotatable bonds is 31. The molecule has 0 aliphatic rings. The fraction of sp³-hybridized carbons (Fsp3) is 0.464. The molecule has 4 rings (SSSR count). The van der Waals surface area contributed by atoms with Gasteiger partial charge in [0.1, 0.15) is 23.0 Å². The number of unbranched alkanes of at least 4 members (excludes halogenated alkanes) is 9. The molecule has 0 fully saturated rings. The number of nitrogens with zero attached hydrogens (tertiary/aromatic N) is 3. The molecule has 70 heavy (non-hydrogen) atoms. The van der Waals surface area contributed by atoms with Gasteiger partial charge in [0, 0.05) is 34.5 Å². The maximum Gasteiger partial charge on any atom is 0.333 e. The lowest BCUT2D eigenvalue weighted by Gasteiger charge is -2.17. The zero-order chi connectivity index (χ0) is 51.2. The fourth-order valence-corrected chi connectivity index (χ4v) is 7.21. The van der Waals surface area contributed by atoms with Crippen LogP contribution in [0.15, 0.2) is 72.9 Å². The molecule has 1 aromatic heterocycles. The molecule has 0 aliphatic heterocycles. The smallest absolute Gasteiger partial charge is 0.333 e. The highest BCUT2D eigenvalue weighted by atomic mass is 16.5. The van der Waals surface area contributed by atoms with E-state index in [0.717, 1.165) is 105 Å². The zero-order valence-electron chi connectivity index (χ0n) is 42.4. The van der Waals surface area contributed by atoms with Crippen molar-refractivity contribution in [3.8, 4) is 57.2 Å². The second-order valence-electron chi connectivity index (χ2n) is 17.7. The molecule has 2 N–H and O–H groups in total. The highest BCUT2D eigenvalue weighted by molar-refractivity contribution is 5.87. The minimum absolute atomic E-state index is 0.00931. The van der Waals surface area contributed by atoms with E-state index in [-0.39, 0.29) is 41.1 Å². The molecule has 14 nitrogen and oxygen atoms in total. The molecular weight excluding hydrogens is 891 g/mol. The lowest BCUT2D eigenvalue weighted by atomic mass is 10.0. The van der Waals surface area contributed by atoms with E-state index in [2.05, 4.69) is 19.7 Å². The summed E-state index contributed by atoms with van der Waals surface area (Å²) in [6.07, 6.45) is 10.2. The van der Waals surface area contributed by atoms with E-state index < -0.39 is 0 Å². The lowest BCUT2D eigenvalue weighted by Crippen LogP contribution is -2.06. The van der Waals surface area contributed by atoms with Gasteiger partial charge in [-0.3, -0.25) is 0 Å². The second-order valence-corrected chi connectivity index (χ2v) is 17.7. The first-order valence-corrected chi connectivity index (χ1v) is 24.3. The standard InChI is InChI=1S/C56H73N3O11/c1-36(2)54(62)68-32-20-12-11-17-29-65-35-43-23-24-45(49(60)41(43)9)52-57-51(44-25-27-47(40(8)39(44)7)66-30-18-13-15-21-33-69-55(63)37(3)4)58-53(59-52)46-26-28-48(42(10)50(46)61)67-31-19-14-16-22-34-70-56(64)38(5)6/h23-28,60-61H,1,3,5,11-22,29-35H2,2,4,6-10H3. The van der Waals surface area contributed by atoms with Crippen LogP contribution in [-0.4, -0.2) is 82.7 Å². The number of aromatic nitrogens is 3. The van der Waals surface area contributed by atoms with Gasteiger partial charge in [-0.1, -0.05) is 32.2 Å². The second kappa shape index (κ2) is 28.8. The number of benzene rings is 3. The normalized spacial score (nSPS) is 11.0. The lowest BCUT2D eigenvalue weighted by molar-refractivity contribution is -0.139. The summed E-state index contributed by atoms with van der Waals surface area (Å²) in [7, 11) is 0. The average Bonchev–Trinajstić information content (AvgIpc) is 3.33. The van der Waals surface area contributed by atoms with Gasteiger partial charge in [-0.15, -0.1) is 0 Å². The molecule has 0 aliphatic carbocycles. The zero-order valence-corrected chi connectivity index (χ0v) is 42.4. The maximum absolute atomic E-state index is 11.7. The number of carbonyl (C=O) groups is 3. The topological polar surface area (TPSA) is 186 Å². The molecule has 0 spiro atoms. The number of aromatic hydroxyl groups is 2. The van der Waals surface area contributed by atoms with Crippen LogP contribution in [0.3, 0.4) is 0 Å². The van der Waals surface area contributed by atoms with E-state index >= 15 is 0 Å². The Hall–Kier alpha value is -6.54. The Bertz CT molecular complexity index is 2350. The first kappa shape index (κ1) is 56.1. The first-order chi connectivity index (χ1) is 33.5. The highest BCUT2D eigenvalue weighted by Gasteiger charge is 2.22. The van der Waals surface area contributed by atoms with Gasteiger partial charge in [0.25, 0.3) is 0 Å². The Balaban J connectivity index is 1.52. The van der Waals surface area contributed by atoms with Crippen molar-refractivity contribution in [1.29, 1.82) is 0 Å². The fourth-order valence-electron chi connectivity index (χ4n) is 7.21. The Kier molecular flexibility index (Phi) is 23.1. The molecule has 3 aromatic carbocycles. The van der Waals surface area contributed by atoms with Gasteiger partial charge in [-0.05, 0) is 172 Å². The van der Waals surface area contributed by atoms with Crippen molar-refractivity contribution in [1.82, 2.24) is 15.0 Å². The van der Waals surface area contributed by atoms with Crippen LogP contribution in [0.5, 0.6) is 23.0 Å². The Morgan fingerprint density at radius 1 is 0.443 bits per heavy atom. The van der Waals surface area contributed by atoms with Gasteiger partial charge in [0.15, 0.2) is 17.5 Å². The molecule has 4 aromatic rings. The third-order valence-electron chi connectivity index (χ3n) is 11.8. The summed E-state index contributed by atoms with van der Waals surface area (Å²) in [6, 6.07) is 11.0. The number of phenolic OH excluding ortho intramolecular Hbond substituents is 2. The van der Waals surface area contributed by atoms with Gasteiger partial charge in [0.05, 0.1) is 50.8 Å². The molecule has 0 atom stereocenters. The molecule has 0 unspecified atom stereocenters. The third kappa shape index (κ3) is 17.1. The monoisotopic (exact) mass is 964 g/mol. The van der Waals surface area contributed by atoms with Gasteiger partial charge in [-0.25, -0.2) is 29.3 Å². The summed E-state index contributed by atoms with van der Waals surface area (Å²) < 4.78 is 33.8. The van der Waals surface area contributed by atoms with E-state index in [1.165, 1.54) is 0 Å². The van der Waals surface area contributed by atoms with Crippen LogP contribution in [0.4, 0.5) is 0 Å². The summed E-state index contributed by atoms with van der Waals surface area (Å²) in [5.41, 5.74) is 6.47. The van der Waals surface area contributed by atoms with E-state index in [1.807, 2.05) is 39.0 Å². The number of hydrogen-bond donors (Lipinski definition) is 2. The average molecular weight is 964 g/mol. The summed E-state index contributed by atoms with van der Waals surface area (Å²) in [4.78, 5) is 49.5. The maximum atomic E-state index is 11.7. The summed E-state index contributed by atoms with van der Waals surface area (Å²) >= 11 is 0. The predicted molar refractivity (Wildman–Crippen MR) is 272 cm³/mol. The molecule has 0 radical (unpaired) electrons. The van der Waals surface area contributed by atoms with Crippen molar-refractivity contribution in [2.75, 3.05) is 39.6 Å². The Morgan fingerprint density at radius 2 is 0.800 bits per heavy atom. The third-order valence-corrected chi connectivity index (χ3v) is 11.8. The number of esters is 3. The van der Waals surface area contributed by atoms with Crippen LogP contribution < -0.4 is 9.47 Å². The summed E-state index contributed by atoms with van der Waals surface area (Å²) in [5.74, 6) is 0.921. The van der Waals surface area contributed by atoms with Gasteiger partial charge in [-0.2, -0.15) is 0 Å². The van der Waals surface area contributed by atoms with Crippen LogP contribution in [0.1, 0.15) is 126 Å². The van der Waals surface area contributed by atoms with Gasteiger partial charge < -0.3 is 38.6 Å². The van der Waals surface area contributed by atoms with E-state index in [9.17, 15) is 24.6 Å². The summed E-state index contributed by atoms with van der Waals surface area (Å²) in [6.45, 7) is 26.2. The summed E-state index contributed by atoms with van der Waals surface area (Å²) in [5, 5.41) is 23.4.